The van der Waals surface area contributed by atoms with E-state index in [0.29, 0.717) is 16.9 Å². The van der Waals surface area contributed by atoms with Gasteiger partial charge in [0.1, 0.15) is 0 Å². The molecule has 102 valence electrons. The Morgan fingerprint density at radius 2 is 1.82 bits per heavy atom. The van der Waals surface area contributed by atoms with Crippen molar-refractivity contribution in [1.82, 2.24) is 0 Å². The average molecular weight is 241 g/mol. The van der Waals surface area contributed by atoms with Crippen LogP contribution in [0.2, 0.25) is 0 Å². The highest BCUT2D eigenvalue weighted by Gasteiger charge is 2.38. The first-order valence-electron chi connectivity index (χ1n) is 7.06. The first-order valence-corrected chi connectivity index (χ1v) is 7.06. The number of methoxy groups -OCH3 is 1. The summed E-state index contributed by atoms with van der Waals surface area (Å²) in [6, 6.07) is 0. The molecule has 0 saturated heterocycles. The maximum atomic E-state index is 6.04. The van der Waals surface area contributed by atoms with Crippen LogP contribution in [-0.4, -0.2) is 19.8 Å². The van der Waals surface area contributed by atoms with Gasteiger partial charge in [0.05, 0.1) is 6.10 Å². The standard InChI is InChI=1S/C15H31NO/c1-12(17-5)10-15(11-16)8-6-13(7-9-15)14(2,3)4/h12-13H,6-11,16H2,1-5H3. The Balaban J connectivity index is 2.57. The molecule has 1 rings (SSSR count). The van der Waals surface area contributed by atoms with Gasteiger partial charge in [-0.25, -0.2) is 0 Å². The molecule has 0 amide bonds. The zero-order valence-corrected chi connectivity index (χ0v) is 12.4. The second kappa shape index (κ2) is 5.71. The van der Waals surface area contributed by atoms with E-state index in [2.05, 4.69) is 27.7 Å². The monoisotopic (exact) mass is 241 g/mol. The fourth-order valence-corrected chi connectivity index (χ4v) is 3.28. The summed E-state index contributed by atoms with van der Waals surface area (Å²) >= 11 is 0. The molecule has 1 aliphatic rings. The van der Waals surface area contributed by atoms with E-state index in [-0.39, 0.29) is 0 Å². The molecule has 17 heavy (non-hydrogen) atoms. The molecule has 0 aliphatic heterocycles. The summed E-state index contributed by atoms with van der Waals surface area (Å²) in [5.41, 5.74) is 6.84. The van der Waals surface area contributed by atoms with Gasteiger partial charge in [-0.2, -0.15) is 0 Å². The van der Waals surface area contributed by atoms with Crippen LogP contribution >= 0.6 is 0 Å². The molecule has 0 spiro atoms. The SMILES string of the molecule is COC(C)CC1(CN)CCC(C(C)(C)C)CC1. The summed E-state index contributed by atoms with van der Waals surface area (Å²) in [6.45, 7) is 10.1. The maximum Gasteiger partial charge on any atom is 0.0549 e. The van der Waals surface area contributed by atoms with Gasteiger partial charge in [0.2, 0.25) is 0 Å². The van der Waals surface area contributed by atoms with Gasteiger partial charge in [-0.3, -0.25) is 0 Å². The van der Waals surface area contributed by atoms with Crippen molar-refractivity contribution in [3.63, 3.8) is 0 Å². The Bertz CT molecular complexity index is 224. The Morgan fingerprint density at radius 1 is 1.29 bits per heavy atom. The molecule has 0 radical (unpaired) electrons. The van der Waals surface area contributed by atoms with E-state index in [4.69, 9.17) is 10.5 Å². The molecule has 2 N–H and O–H groups in total. The number of rotatable bonds is 4. The van der Waals surface area contributed by atoms with Crippen molar-refractivity contribution in [2.45, 2.75) is 65.9 Å². The third-order valence-corrected chi connectivity index (χ3v) is 4.83. The topological polar surface area (TPSA) is 35.2 Å². The zero-order valence-electron chi connectivity index (χ0n) is 12.4. The lowest BCUT2D eigenvalue weighted by Crippen LogP contribution is -2.39. The quantitative estimate of drug-likeness (QED) is 0.816. The molecule has 1 fully saturated rings. The highest BCUT2D eigenvalue weighted by Crippen LogP contribution is 2.47. The molecule has 1 aliphatic carbocycles. The summed E-state index contributed by atoms with van der Waals surface area (Å²) in [6.07, 6.45) is 6.67. The molecular formula is C15H31NO. The predicted octanol–water partition coefficient (Wildman–Crippen LogP) is 3.59. The fraction of sp³-hybridized carbons (Fsp3) is 1.00. The third kappa shape index (κ3) is 3.96. The second-order valence-electron chi connectivity index (χ2n) is 7.09. The van der Waals surface area contributed by atoms with Crippen molar-refractivity contribution in [1.29, 1.82) is 0 Å². The van der Waals surface area contributed by atoms with E-state index in [9.17, 15) is 0 Å². The van der Waals surface area contributed by atoms with Crippen LogP contribution in [-0.2, 0) is 4.74 Å². The van der Waals surface area contributed by atoms with Gasteiger partial charge >= 0.3 is 0 Å². The Hall–Kier alpha value is -0.0800. The lowest BCUT2D eigenvalue weighted by atomic mass is 9.62. The van der Waals surface area contributed by atoms with Crippen LogP contribution in [0.5, 0.6) is 0 Å². The minimum Gasteiger partial charge on any atom is -0.382 e. The van der Waals surface area contributed by atoms with Gasteiger partial charge in [-0.1, -0.05) is 20.8 Å². The van der Waals surface area contributed by atoms with Crippen molar-refractivity contribution >= 4 is 0 Å². The highest BCUT2D eigenvalue weighted by atomic mass is 16.5. The van der Waals surface area contributed by atoms with Crippen LogP contribution in [0.25, 0.3) is 0 Å². The van der Waals surface area contributed by atoms with Crippen LogP contribution < -0.4 is 5.73 Å². The number of nitrogens with two attached hydrogens (primary N) is 1. The van der Waals surface area contributed by atoms with E-state index >= 15 is 0 Å². The van der Waals surface area contributed by atoms with Crippen molar-refractivity contribution in [2.24, 2.45) is 22.5 Å². The molecule has 0 aromatic heterocycles. The van der Waals surface area contributed by atoms with Crippen LogP contribution in [0.3, 0.4) is 0 Å². The molecule has 0 aromatic carbocycles. The van der Waals surface area contributed by atoms with Crippen molar-refractivity contribution < 1.29 is 4.74 Å². The van der Waals surface area contributed by atoms with Gasteiger partial charge < -0.3 is 10.5 Å². The summed E-state index contributed by atoms with van der Waals surface area (Å²) in [4.78, 5) is 0. The first-order chi connectivity index (χ1) is 7.83. The van der Waals surface area contributed by atoms with Gasteiger partial charge in [-0.05, 0) is 62.3 Å². The van der Waals surface area contributed by atoms with E-state index < -0.39 is 0 Å². The summed E-state index contributed by atoms with van der Waals surface area (Å²) < 4.78 is 5.42. The van der Waals surface area contributed by atoms with Gasteiger partial charge in [0.25, 0.3) is 0 Å². The average Bonchev–Trinajstić information content (AvgIpc) is 2.28. The van der Waals surface area contributed by atoms with Crippen LogP contribution in [0, 0.1) is 16.7 Å². The molecule has 1 atom stereocenters. The molecule has 1 saturated carbocycles. The van der Waals surface area contributed by atoms with Gasteiger partial charge in [0.15, 0.2) is 0 Å². The van der Waals surface area contributed by atoms with Crippen molar-refractivity contribution in [3.8, 4) is 0 Å². The minimum atomic E-state index is 0.338. The largest absolute Gasteiger partial charge is 0.382 e. The lowest BCUT2D eigenvalue weighted by molar-refractivity contribution is 0.0259. The van der Waals surface area contributed by atoms with Crippen LogP contribution in [0.15, 0.2) is 0 Å². The number of ether oxygens (including phenoxy) is 1. The highest BCUT2D eigenvalue weighted by molar-refractivity contribution is 4.90. The van der Waals surface area contributed by atoms with Crippen LogP contribution in [0.1, 0.15) is 59.8 Å². The zero-order chi connectivity index (χ0) is 13.1. The van der Waals surface area contributed by atoms with Crippen LogP contribution in [0.4, 0.5) is 0 Å². The van der Waals surface area contributed by atoms with Gasteiger partial charge in [-0.15, -0.1) is 0 Å². The normalized spacial score (nSPS) is 32.5. The van der Waals surface area contributed by atoms with Gasteiger partial charge in [0, 0.05) is 7.11 Å². The van der Waals surface area contributed by atoms with Crippen molar-refractivity contribution in [2.75, 3.05) is 13.7 Å². The smallest absolute Gasteiger partial charge is 0.0549 e. The Morgan fingerprint density at radius 3 is 2.18 bits per heavy atom. The number of hydrogen-bond donors (Lipinski definition) is 1. The van der Waals surface area contributed by atoms with E-state index in [1.54, 1.807) is 7.11 Å². The molecule has 2 heteroatoms. The molecular weight excluding hydrogens is 210 g/mol. The molecule has 0 bridgehead atoms. The van der Waals surface area contributed by atoms with E-state index in [1.165, 1.54) is 25.7 Å². The predicted molar refractivity (Wildman–Crippen MR) is 74.0 cm³/mol. The Labute approximate surface area is 107 Å². The molecule has 2 nitrogen and oxygen atoms in total. The fourth-order valence-electron chi connectivity index (χ4n) is 3.28. The van der Waals surface area contributed by atoms with E-state index in [0.717, 1.165) is 18.9 Å². The summed E-state index contributed by atoms with van der Waals surface area (Å²) in [5, 5.41) is 0. The van der Waals surface area contributed by atoms with Crippen molar-refractivity contribution in [3.05, 3.63) is 0 Å². The molecule has 1 unspecified atom stereocenters. The Kier molecular flexibility index (Phi) is 5.03. The molecule has 0 heterocycles. The van der Waals surface area contributed by atoms with E-state index in [1.807, 2.05) is 0 Å². The molecule has 0 aromatic rings. The second-order valence-corrected chi connectivity index (χ2v) is 7.09. The summed E-state index contributed by atoms with van der Waals surface area (Å²) in [7, 11) is 1.80. The maximum absolute atomic E-state index is 6.04. The first kappa shape index (κ1) is 15.0. The minimum absolute atomic E-state index is 0.338. The number of hydrogen-bond acceptors (Lipinski definition) is 2. The summed E-state index contributed by atoms with van der Waals surface area (Å²) in [5.74, 6) is 0.861. The third-order valence-electron chi connectivity index (χ3n) is 4.83. The lowest BCUT2D eigenvalue weighted by Gasteiger charge is -2.44.